The molecule has 0 aliphatic heterocycles. The van der Waals surface area contributed by atoms with E-state index >= 15 is 0 Å². The van der Waals surface area contributed by atoms with Crippen molar-refractivity contribution >= 4 is 0 Å². The van der Waals surface area contributed by atoms with E-state index in [1.165, 1.54) is 4.57 Å². The fourth-order valence-corrected chi connectivity index (χ4v) is 1.73. The molecule has 1 aromatic heterocycles. The highest BCUT2D eigenvalue weighted by Crippen LogP contribution is 2.31. The van der Waals surface area contributed by atoms with Gasteiger partial charge in [0.2, 0.25) is 0 Å². The molecular weight excluding hydrogens is 236 g/mol. The second kappa shape index (κ2) is 4.95. The molecule has 0 N–H and O–H groups in total. The third-order valence-electron chi connectivity index (χ3n) is 2.64. The monoisotopic (exact) mass is 250 g/mol. The van der Waals surface area contributed by atoms with Crippen LogP contribution in [0.3, 0.4) is 0 Å². The van der Waals surface area contributed by atoms with Crippen LogP contribution in [0.1, 0.15) is 6.92 Å². The second-order valence-electron chi connectivity index (χ2n) is 3.59. The van der Waals surface area contributed by atoms with Crippen molar-refractivity contribution in [2.75, 3.05) is 14.2 Å². The number of benzene rings is 1. The first kappa shape index (κ1) is 12.2. The molecule has 0 spiro atoms. The Bertz CT molecular complexity index is 600. The summed E-state index contributed by atoms with van der Waals surface area (Å²) < 4.78 is 16.5. The standard InChI is InChI=1S/C12H14N2O4/c1-4-14-11(13-18-12(14)15)8-5-6-9(16-2)10(7-8)17-3/h5-7H,4H2,1-3H3. The van der Waals surface area contributed by atoms with Gasteiger partial charge in [-0.2, -0.15) is 0 Å². The average Bonchev–Trinajstić information content (AvgIpc) is 2.78. The van der Waals surface area contributed by atoms with E-state index in [1.807, 2.05) is 6.92 Å². The molecule has 96 valence electrons. The maximum atomic E-state index is 11.4. The largest absolute Gasteiger partial charge is 0.493 e. The van der Waals surface area contributed by atoms with Crippen molar-refractivity contribution in [2.24, 2.45) is 0 Å². The van der Waals surface area contributed by atoms with Gasteiger partial charge >= 0.3 is 5.76 Å². The van der Waals surface area contributed by atoms with E-state index < -0.39 is 5.76 Å². The number of nitrogens with zero attached hydrogens (tertiary/aromatic N) is 2. The Hall–Kier alpha value is -2.24. The van der Waals surface area contributed by atoms with Crippen molar-refractivity contribution in [3.05, 3.63) is 28.7 Å². The quantitative estimate of drug-likeness (QED) is 0.823. The molecule has 0 aliphatic rings. The summed E-state index contributed by atoms with van der Waals surface area (Å²) in [6.45, 7) is 2.34. The Morgan fingerprint density at radius 1 is 1.28 bits per heavy atom. The summed E-state index contributed by atoms with van der Waals surface area (Å²) in [4.78, 5) is 11.4. The number of ether oxygens (including phenoxy) is 2. The Balaban J connectivity index is 2.54. The van der Waals surface area contributed by atoms with Gasteiger partial charge in [0.15, 0.2) is 17.3 Å². The van der Waals surface area contributed by atoms with Gasteiger partial charge in [0.05, 0.1) is 14.2 Å². The van der Waals surface area contributed by atoms with E-state index in [1.54, 1.807) is 32.4 Å². The molecule has 0 atom stereocenters. The highest BCUT2D eigenvalue weighted by atomic mass is 16.5. The van der Waals surface area contributed by atoms with Crippen LogP contribution in [0.5, 0.6) is 11.5 Å². The van der Waals surface area contributed by atoms with Crippen LogP contribution in [0.4, 0.5) is 0 Å². The predicted molar refractivity (Wildman–Crippen MR) is 65.0 cm³/mol. The lowest BCUT2D eigenvalue weighted by Crippen LogP contribution is -2.13. The Kier molecular flexibility index (Phi) is 3.36. The molecule has 1 heterocycles. The topological polar surface area (TPSA) is 66.5 Å². The Morgan fingerprint density at radius 3 is 2.61 bits per heavy atom. The van der Waals surface area contributed by atoms with Crippen LogP contribution in [0.2, 0.25) is 0 Å². The van der Waals surface area contributed by atoms with E-state index in [4.69, 9.17) is 9.47 Å². The van der Waals surface area contributed by atoms with Crippen molar-refractivity contribution in [2.45, 2.75) is 13.5 Å². The molecule has 2 aromatic rings. The van der Waals surface area contributed by atoms with E-state index in [2.05, 4.69) is 9.68 Å². The van der Waals surface area contributed by atoms with Crippen molar-refractivity contribution in [1.82, 2.24) is 9.72 Å². The Labute approximate surface area is 104 Å². The van der Waals surface area contributed by atoms with Crippen LogP contribution < -0.4 is 15.2 Å². The van der Waals surface area contributed by atoms with Gasteiger partial charge in [0, 0.05) is 12.1 Å². The van der Waals surface area contributed by atoms with E-state index in [9.17, 15) is 4.79 Å². The van der Waals surface area contributed by atoms with Gasteiger partial charge in [0.1, 0.15) is 0 Å². The first-order valence-corrected chi connectivity index (χ1v) is 5.50. The third kappa shape index (κ3) is 1.97. The fourth-order valence-electron chi connectivity index (χ4n) is 1.73. The molecule has 2 rings (SSSR count). The minimum absolute atomic E-state index is 0.470. The van der Waals surface area contributed by atoms with Gasteiger partial charge in [-0.05, 0) is 25.1 Å². The predicted octanol–water partition coefficient (Wildman–Crippen LogP) is 1.54. The van der Waals surface area contributed by atoms with Crippen LogP contribution in [0, 0.1) is 0 Å². The molecule has 18 heavy (non-hydrogen) atoms. The maximum Gasteiger partial charge on any atom is 0.441 e. The summed E-state index contributed by atoms with van der Waals surface area (Å²) in [5, 5.41) is 3.77. The first-order valence-electron chi connectivity index (χ1n) is 5.50. The number of rotatable bonds is 4. The van der Waals surface area contributed by atoms with Crippen molar-refractivity contribution in [1.29, 1.82) is 0 Å². The van der Waals surface area contributed by atoms with Crippen LogP contribution in [0.25, 0.3) is 11.4 Å². The van der Waals surface area contributed by atoms with Crippen LogP contribution in [-0.2, 0) is 6.54 Å². The smallest absolute Gasteiger partial charge is 0.441 e. The summed E-state index contributed by atoms with van der Waals surface area (Å²) in [6.07, 6.45) is 0. The number of hydrogen-bond donors (Lipinski definition) is 0. The molecule has 0 saturated heterocycles. The highest BCUT2D eigenvalue weighted by molar-refractivity contribution is 5.61. The lowest BCUT2D eigenvalue weighted by molar-refractivity contribution is 0.355. The van der Waals surface area contributed by atoms with E-state index in [0.29, 0.717) is 23.9 Å². The maximum absolute atomic E-state index is 11.4. The molecule has 0 bridgehead atoms. The minimum atomic E-state index is -0.470. The zero-order valence-electron chi connectivity index (χ0n) is 10.5. The summed E-state index contributed by atoms with van der Waals surface area (Å²) in [5.74, 6) is 1.20. The minimum Gasteiger partial charge on any atom is -0.493 e. The summed E-state index contributed by atoms with van der Waals surface area (Å²) in [7, 11) is 3.12. The van der Waals surface area contributed by atoms with Crippen molar-refractivity contribution in [3.63, 3.8) is 0 Å². The molecule has 0 aliphatic carbocycles. The summed E-state index contributed by atoms with van der Waals surface area (Å²) in [6, 6.07) is 5.31. The van der Waals surface area contributed by atoms with Gasteiger partial charge in [-0.15, -0.1) is 0 Å². The van der Waals surface area contributed by atoms with E-state index in [0.717, 1.165) is 5.56 Å². The lowest BCUT2D eigenvalue weighted by atomic mass is 10.2. The van der Waals surface area contributed by atoms with Gasteiger partial charge in [0.25, 0.3) is 0 Å². The molecule has 0 fully saturated rings. The van der Waals surface area contributed by atoms with Crippen LogP contribution >= 0.6 is 0 Å². The molecule has 0 unspecified atom stereocenters. The molecule has 1 aromatic carbocycles. The first-order chi connectivity index (χ1) is 8.71. The number of hydrogen-bond acceptors (Lipinski definition) is 5. The zero-order chi connectivity index (χ0) is 13.1. The van der Waals surface area contributed by atoms with Crippen molar-refractivity contribution < 1.29 is 14.0 Å². The highest BCUT2D eigenvalue weighted by Gasteiger charge is 2.13. The van der Waals surface area contributed by atoms with Gasteiger partial charge in [-0.1, -0.05) is 5.16 Å². The fraction of sp³-hybridized carbons (Fsp3) is 0.333. The third-order valence-corrected chi connectivity index (χ3v) is 2.64. The molecule has 0 amide bonds. The van der Waals surface area contributed by atoms with E-state index in [-0.39, 0.29) is 0 Å². The van der Waals surface area contributed by atoms with Gasteiger partial charge in [-0.25, -0.2) is 4.79 Å². The molecule has 6 nitrogen and oxygen atoms in total. The molecule has 6 heteroatoms. The van der Waals surface area contributed by atoms with Gasteiger partial charge in [-0.3, -0.25) is 9.09 Å². The van der Waals surface area contributed by atoms with Crippen LogP contribution in [0.15, 0.2) is 27.5 Å². The summed E-state index contributed by atoms with van der Waals surface area (Å²) in [5.41, 5.74) is 0.736. The number of methoxy groups -OCH3 is 2. The normalized spacial score (nSPS) is 10.4. The molecule has 0 radical (unpaired) electrons. The summed E-state index contributed by atoms with van der Waals surface area (Å²) >= 11 is 0. The Morgan fingerprint density at radius 2 is 2.00 bits per heavy atom. The zero-order valence-corrected chi connectivity index (χ0v) is 10.5. The van der Waals surface area contributed by atoms with Crippen molar-refractivity contribution in [3.8, 4) is 22.9 Å². The van der Waals surface area contributed by atoms with Crippen LogP contribution in [-0.4, -0.2) is 23.9 Å². The van der Waals surface area contributed by atoms with Gasteiger partial charge < -0.3 is 9.47 Å². The SMILES string of the molecule is CCn1c(-c2ccc(OC)c(OC)c2)noc1=O. The molecule has 0 saturated carbocycles. The second-order valence-corrected chi connectivity index (χ2v) is 3.59. The average molecular weight is 250 g/mol. The molecular formula is C12H14N2O4. The lowest BCUT2D eigenvalue weighted by Gasteiger charge is -2.08. The number of aromatic nitrogens is 2.